The Morgan fingerprint density at radius 3 is 1.22 bits per heavy atom. The number of esters is 2. The van der Waals surface area contributed by atoms with Gasteiger partial charge in [-0.3, -0.25) is 33.6 Å². The SMILES string of the molecule is CCOC(=O)C(OCC)OCC.CCOC(=O)CC(=O)C(OCC)OCC.CCOC(OCC)c1cc(=O)[nH]cn1.CCOc1cc(OCC)cc(C(=O)Nc2cccc(Oc3cc(-c4ncc(C(F)(F)F)[nH]4)ncn3)c2)c1.FC(F)(F)c1cnc(-c2cc(Cl)ncn2)[nH]1.Nc1cccc(Oc2cc(-c3ncc(C(F)(F)F)[nH]3)ncn2)c1.O=Cc1cc(=O)[nH]cn1.O=c1cc(-c2ncc(C(F)(F)F)[nH]2)nc[nH]1. The average molecular weight is 2030 g/mol. The Balaban J connectivity index is 0.000000259. The quantitative estimate of drug-likeness (QED) is 0.00344. The lowest BCUT2D eigenvalue weighted by Crippen LogP contribution is -2.29. The summed E-state index contributed by atoms with van der Waals surface area (Å²) in [5.41, 5.74) is 3.29. The van der Waals surface area contributed by atoms with Crippen molar-refractivity contribution in [3.8, 4) is 80.8 Å². The van der Waals surface area contributed by atoms with E-state index >= 15 is 0 Å². The zero-order valence-corrected chi connectivity index (χ0v) is 77.4. The number of hydrogen-bond donors (Lipinski definition) is 9. The van der Waals surface area contributed by atoms with Crippen LogP contribution in [0.2, 0.25) is 5.15 Å². The third kappa shape index (κ3) is 40.4. The number of nitrogens with zero attached hydrogens (tertiary/aromatic N) is 13. The lowest BCUT2D eigenvalue weighted by molar-refractivity contribution is -0.192. The van der Waals surface area contributed by atoms with Crippen LogP contribution in [0.1, 0.15) is 131 Å². The van der Waals surface area contributed by atoms with Crippen LogP contribution >= 0.6 is 11.6 Å². The van der Waals surface area contributed by atoms with E-state index in [2.05, 4.69) is 105 Å². The summed E-state index contributed by atoms with van der Waals surface area (Å²) in [6.45, 7) is 22.0. The van der Waals surface area contributed by atoms with Crippen LogP contribution in [0.3, 0.4) is 0 Å². The number of alkyl halides is 12. The Labute approximate surface area is 801 Å². The highest BCUT2D eigenvalue weighted by Gasteiger charge is 2.37. The van der Waals surface area contributed by atoms with Crippen LogP contribution in [-0.2, 0) is 77.0 Å². The molecule has 0 aliphatic carbocycles. The van der Waals surface area contributed by atoms with Crippen molar-refractivity contribution in [2.45, 2.75) is 119 Å². The number of ketones is 1. The number of benzene rings is 3. The van der Waals surface area contributed by atoms with Crippen LogP contribution in [0.5, 0.6) is 34.8 Å². The van der Waals surface area contributed by atoms with Crippen LogP contribution in [0.25, 0.3) is 46.1 Å². The zero-order chi connectivity index (χ0) is 105. The van der Waals surface area contributed by atoms with E-state index in [-0.39, 0.29) is 98.7 Å². The van der Waals surface area contributed by atoms with E-state index in [0.717, 1.165) is 31.1 Å². The third-order valence-electron chi connectivity index (χ3n) is 16.3. The first kappa shape index (κ1) is 115. The van der Waals surface area contributed by atoms with E-state index in [1.165, 1.54) is 43.2 Å². The maximum absolute atomic E-state index is 12.9. The van der Waals surface area contributed by atoms with E-state index < -0.39 is 89.6 Å². The number of aromatic nitrogens is 20. The van der Waals surface area contributed by atoms with Gasteiger partial charge in [0.15, 0.2) is 35.4 Å². The summed E-state index contributed by atoms with van der Waals surface area (Å²) in [5.74, 6) is 0.0140. The fourth-order valence-corrected chi connectivity index (χ4v) is 10.6. The average Bonchev–Trinajstić information content (AvgIpc) is 1.56. The van der Waals surface area contributed by atoms with Gasteiger partial charge in [0.25, 0.3) is 28.9 Å². The van der Waals surface area contributed by atoms with Crippen molar-refractivity contribution >= 4 is 52.9 Å². The molecule has 0 atom stereocenters. The zero-order valence-electron chi connectivity index (χ0n) is 76.6. The molecule has 0 unspecified atom stereocenters. The second-order valence-corrected chi connectivity index (χ2v) is 27.0. The Kier molecular flexibility index (Phi) is 47.2. The maximum Gasteiger partial charge on any atom is 0.432 e. The van der Waals surface area contributed by atoms with Gasteiger partial charge in [-0.2, -0.15) is 52.7 Å². The molecule has 13 rings (SSSR count). The van der Waals surface area contributed by atoms with Crippen LogP contribution in [0.4, 0.5) is 64.1 Å². The van der Waals surface area contributed by atoms with Gasteiger partial charge in [-0.1, -0.05) is 23.7 Å². The van der Waals surface area contributed by atoms with Gasteiger partial charge in [0.2, 0.25) is 24.3 Å². The molecule has 1 amide bonds. The number of aromatic amines is 7. The largest absolute Gasteiger partial charge is 0.494 e. The van der Waals surface area contributed by atoms with E-state index in [9.17, 15) is 91.0 Å². The van der Waals surface area contributed by atoms with Crippen molar-refractivity contribution < 1.29 is 134 Å². The Morgan fingerprint density at radius 1 is 0.415 bits per heavy atom. The van der Waals surface area contributed by atoms with Gasteiger partial charge in [0.1, 0.15) is 110 Å². The summed E-state index contributed by atoms with van der Waals surface area (Å²) in [6.07, 6.45) is -10.3. The van der Waals surface area contributed by atoms with Crippen LogP contribution < -0.4 is 46.7 Å². The molecule has 762 valence electrons. The monoisotopic (exact) mass is 2030 g/mol. The van der Waals surface area contributed by atoms with Gasteiger partial charge in [-0.05, 0) is 106 Å². The number of imidazole rings is 4. The second-order valence-electron chi connectivity index (χ2n) is 26.6. The number of ether oxygens (including phenoxy) is 12. The van der Waals surface area contributed by atoms with E-state index in [1.807, 2.05) is 32.7 Å². The first-order valence-corrected chi connectivity index (χ1v) is 42.3. The molecule has 3 aromatic carbocycles. The van der Waals surface area contributed by atoms with Crippen LogP contribution in [0.15, 0.2) is 180 Å². The molecule has 10 N–H and O–H groups in total. The predicted molar refractivity (Wildman–Crippen MR) is 479 cm³/mol. The molecule has 42 nitrogen and oxygen atoms in total. The summed E-state index contributed by atoms with van der Waals surface area (Å²) in [7, 11) is 0. The third-order valence-corrected chi connectivity index (χ3v) is 16.5. The highest BCUT2D eigenvalue weighted by molar-refractivity contribution is 6.29. The fraction of sp³-hybridized carbons (Fsp3) is 0.322. The van der Waals surface area contributed by atoms with Crippen molar-refractivity contribution in [2.24, 2.45) is 0 Å². The Hall–Kier alpha value is -15.7. The number of Topliss-reactive ketones (excluding diaryl/α,β-unsaturated/α-hetero) is 1. The topological polar surface area (TPSA) is 563 Å². The van der Waals surface area contributed by atoms with Crippen LogP contribution in [-0.4, -0.2) is 208 Å². The number of carbonyl (C=O) groups is 5. The first-order valence-electron chi connectivity index (χ1n) is 41.9. The molecule has 10 aromatic heterocycles. The number of H-pyrrole nitrogens is 7. The molecule has 0 aliphatic rings. The van der Waals surface area contributed by atoms with Gasteiger partial charge >= 0.3 is 36.6 Å². The summed E-state index contributed by atoms with van der Waals surface area (Å²) in [6, 6.07) is 25.7. The minimum absolute atomic E-state index is 0.00312. The molecule has 0 spiro atoms. The van der Waals surface area contributed by atoms with Gasteiger partial charge in [-0.25, -0.2) is 69.6 Å². The number of nitrogens with one attached hydrogen (secondary N) is 8. The van der Waals surface area contributed by atoms with Crippen molar-refractivity contribution in [1.29, 1.82) is 0 Å². The number of anilines is 2. The highest BCUT2D eigenvalue weighted by Crippen LogP contribution is 2.35. The molecule has 13 aromatic rings. The van der Waals surface area contributed by atoms with E-state index in [4.69, 9.17) is 69.4 Å². The lowest BCUT2D eigenvalue weighted by atomic mass is 10.1. The summed E-state index contributed by atoms with van der Waals surface area (Å²) in [4.78, 5) is 153. The van der Waals surface area contributed by atoms with Crippen molar-refractivity contribution in [1.82, 2.24) is 99.7 Å². The molecule has 0 saturated heterocycles. The maximum atomic E-state index is 12.9. The van der Waals surface area contributed by atoms with Gasteiger partial charge in [0, 0.05) is 111 Å². The molecule has 0 fully saturated rings. The number of rotatable bonds is 34. The van der Waals surface area contributed by atoms with Gasteiger partial charge in [-0.15, -0.1) is 0 Å². The molecule has 55 heteroatoms. The summed E-state index contributed by atoms with van der Waals surface area (Å²) >= 11 is 5.58. The molecule has 0 saturated carbocycles. The number of aldehydes is 1. The van der Waals surface area contributed by atoms with Crippen molar-refractivity contribution in [2.75, 3.05) is 77.1 Å². The van der Waals surface area contributed by atoms with Gasteiger partial charge in [0.05, 0.1) is 70.2 Å². The lowest BCUT2D eigenvalue weighted by Gasteiger charge is -2.15. The number of halogens is 13. The Bertz CT molecular complexity index is 6240. The first-order chi connectivity index (χ1) is 67.6. The summed E-state index contributed by atoms with van der Waals surface area (Å²) < 4.78 is 212. The standard InChI is InChI=1S/C25H22F3N5O4.C14H10F3N5O.C10H18O5.C9H14N2O3.C8H4ClF3N4.C8H5F3N4O.C8H16O4.C5H4N2O2/c1-3-35-18-8-15(9-19(11-18)36-4-2)24(34)32-16-6-5-7-17(10-16)37-22-12-20(30-14-31-22)23-29-13-21(33-23)25(26,27)28;15-14(16,17)11-6-19-13(22-11)10-5-12(21-7-20-10)23-9-3-1-2-8(18)4-9;1-4-13-9(12)7-8(11)10(14-5-2)15-6-3;1-3-13-9(14-4-2)7-5-8(12)11-6-10-7;9-6-1-4(14-3-15-6)7-13-2-5(16-7)8(10,11)12;9-8(10,11)5-2-12-7(15-5)4-1-6(16)14-3-13-4;1-4-10-7(9)8(11-5-2)12-6-3;8-2-4-1-5(9)7-3-6-4/h5-14H,3-4H2,1-2H3,(H,29,33)(H,32,34);1-7H,18H2,(H,19,22);10H,4-7H2,1-3H3;5-6,9H,3-4H2,1-2H3,(H,10,11,12);1-3H,(H,13,16);1-3H,(H,12,15)(H,13,14,16);8H,4-6H2,1-3H3;1-3H,(H,6,7,9). The van der Waals surface area contributed by atoms with Gasteiger partial charge < -0.3 is 103 Å². The molecular weight excluding hydrogens is 1940 g/mol. The number of nitrogens with two attached hydrogens (primary N) is 1. The van der Waals surface area contributed by atoms with E-state index in [0.29, 0.717) is 136 Å². The molecule has 0 radical (unpaired) electrons. The minimum Gasteiger partial charge on any atom is -0.494 e. The van der Waals surface area contributed by atoms with Crippen molar-refractivity contribution in [3.05, 3.63) is 242 Å². The molecular formula is C87H93ClF12N22O20. The predicted octanol–water partition coefficient (Wildman–Crippen LogP) is 15.0. The number of hydrogen-bond acceptors (Lipinski definition) is 34. The summed E-state index contributed by atoms with van der Waals surface area (Å²) in [5, 5.41) is 2.93. The van der Waals surface area contributed by atoms with E-state index in [1.54, 1.807) is 108 Å². The fourth-order valence-electron chi connectivity index (χ4n) is 10.4. The molecule has 10 heterocycles. The Morgan fingerprint density at radius 2 is 0.824 bits per heavy atom. The normalized spacial score (nSPS) is 11.0. The number of carbonyl (C=O) groups excluding carboxylic acids is 5. The minimum atomic E-state index is -4.56. The number of amides is 1. The highest BCUT2D eigenvalue weighted by atomic mass is 35.5. The molecule has 0 aliphatic heterocycles. The van der Waals surface area contributed by atoms with Crippen LogP contribution in [0, 0.1) is 0 Å². The molecule has 0 bridgehead atoms. The van der Waals surface area contributed by atoms with Crippen molar-refractivity contribution in [3.63, 3.8) is 0 Å². The molecule has 142 heavy (non-hydrogen) atoms. The number of nitrogen functional groups attached to an aromatic ring is 1. The smallest absolute Gasteiger partial charge is 0.432 e. The second kappa shape index (κ2) is 58.3.